The molecule has 3 rings (SSSR count). The third-order valence-electron chi connectivity index (χ3n) is 4.61. The highest BCUT2D eigenvalue weighted by atomic mass is 16.8. The van der Waals surface area contributed by atoms with Crippen molar-refractivity contribution >= 4 is 17.7 Å². The van der Waals surface area contributed by atoms with Gasteiger partial charge in [-0.2, -0.15) is 0 Å². The van der Waals surface area contributed by atoms with E-state index in [1.165, 1.54) is 13.8 Å². The van der Waals surface area contributed by atoms with Gasteiger partial charge < -0.3 is 33.6 Å². The van der Waals surface area contributed by atoms with E-state index in [4.69, 9.17) is 23.7 Å². The molecular weight excluding hydrogens is 384 g/mol. The molecule has 2 fully saturated rings. The van der Waals surface area contributed by atoms with Crippen LogP contribution in [0.4, 0.5) is 0 Å². The lowest BCUT2D eigenvalue weighted by Gasteiger charge is -2.46. The Hall–Kier alpha value is -2.33. The molecule has 0 aliphatic carbocycles. The lowest BCUT2D eigenvalue weighted by molar-refractivity contribution is -0.356. The van der Waals surface area contributed by atoms with E-state index in [1.807, 2.05) is 30.3 Å². The molecule has 29 heavy (non-hydrogen) atoms. The standard InChI is InChI=1S/C20H24O9/c1-11(21)8-9-15(23)28-20-16(24)18(26-12(2)22)17-14(27-20)10-25-19(29-17)13-6-4-3-5-7-13/h3-7,14,16-20,24H,8-10H2,1-2H3/t14-,16-,17-,18-,19-,20-/m1/s1. The van der Waals surface area contributed by atoms with Crippen molar-refractivity contribution in [2.75, 3.05) is 6.61 Å². The Kier molecular flexibility index (Phi) is 6.96. The summed E-state index contributed by atoms with van der Waals surface area (Å²) in [5.74, 6) is -1.49. The number of fused-ring (bicyclic) bond motifs is 1. The molecule has 1 aromatic carbocycles. The Balaban J connectivity index is 1.72. The van der Waals surface area contributed by atoms with Crippen LogP contribution >= 0.6 is 0 Å². The van der Waals surface area contributed by atoms with Gasteiger partial charge in [-0.15, -0.1) is 0 Å². The fraction of sp³-hybridized carbons (Fsp3) is 0.550. The number of ether oxygens (including phenoxy) is 5. The zero-order valence-electron chi connectivity index (χ0n) is 16.2. The van der Waals surface area contributed by atoms with Crippen LogP contribution in [0.3, 0.4) is 0 Å². The summed E-state index contributed by atoms with van der Waals surface area (Å²) in [5, 5.41) is 10.6. The van der Waals surface area contributed by atoms with Crippen LogP contribution in [0.1, 0.15) is 38.5 Å². The molecule has 0 radical (unpaired) electrons. The number of benzene rings is 1. The maximum atomic E-state index is 12.0. The van der Waals surface area contributed by atoms with Crippen molar-refractivity contribution in [3.8, 4) is 0 Å². The van der Waals surface area contributed by atoms with E-state index in [9.17, 15) is 19.5 Å². The van der Waals surface area contributed by atoms with Gasteiger partial charge in [0, 0.05) is 18.9 Å². The van der Waals surface area contributed by atoms with Gasteiger partial charge in [-0.3, -0.25) is 9.59 Å². The molecule has 2 saturated heterocycles. The van der Waals surface area contributed by atoms with E-state index in [0.717, 1.165) is 5.56 Å². The lowest BCUT2D eigenvalue weighted by Crippen LogP contribution is -2.63. The number of carbonyl (C=O) groups is 3. The first kappa shape index (κ1) is 21.4. The molecule has 6 atom stereocenters. The van der Waals surface area contributed by atoms with Gasteiger partial charge in [-0.1, -0.05) is 30.3 Å². The monoisotopic (exact) mass is 408 g/mol. The number of Topliss-reactive ketones (excluding diaryl/α,β-unsaturated/α-hetero) is 1. The van der Waals surface area contributed by atoms with Gasteiger partial charge in [0.15, 0.2) is 18.5 Å². The summed E-state index contributed by atoms with van der Waals surface area (Å²) in [6, 6.07) is 9.17. The van der Waals surface area contributed by atoms with Crippen LogP contribution in [-0.2, 0) is 38.1 Å². The second-order valence-corrected chi connectivity index (χ2v) is 6.98. The van der Waals surface area contributed by atoms with Crippen LogP contribution in [0.25, 0.3) is 0 Å². The minimum absolute atomic E-state index is 0.0199. The van der Waals surface area contributed by atoms with Crippen LogP contribution in [0.15, 0.2) is 30.3 Å². The van der Waals surface area contributed by atoms with Gasteiger partial charge in [0.1, 0.15) is 18.0 Å². The number of aliphatic hydroxyl groups is 1. The first-order valence-electron chi connectivity index (χ1n) is 9.37. The Morgan fingerprint density at radius 1 is 1.07 bits per heavy atom. The molecular formula is C20H24O9. The van der Waals surface area contributed by atoms with Crippen LogP contribution in [-0.4, -0.2) is 60.1 Å². The molecule has 0 unspecified atom stereocenters. The fourth-order valence-electron chi connectivity index (χ4n) is 3.23. The molecule has 0 bridgehead atoms. The Morgan fingerprint density at radius 2 is 1.79 bits per heavy atom. The Bertz CT molecular complexity index is 735. The molecule has 158 valence electrons. The average molecular weight is 408 g/mol. The first-order chi connectivity index (χ1) is 13.8. The number of carbonyl (C=O) groups excluding carboxylic acids is 3. The van der Waals surface area contributed by atoms with Gasteiger partial charge in [0.25, 0.3) is 0 Å². The number of hydrogen-bond donors (Lipinski definition) is 1. The normalized spacial score (nSPS) is 31.4. The van der Waals surface area contributed by atoms with Crippen molar-refractivity contribution in [3.05, 3.63) is 35.9 Å². The SMILES string of the molecule is CC(=O)CCC(=O)O[C@H]1O[C@@H]2CO[C@@H](c3ccccc3)O[C@H]2[C@H](OC(C)=O)[C@H]1O. The summed E-state index contributed by atoms with van der Waals surface area (Å²) in [6.07, 6.45) is -6.35. The van der Waals surface area contributed by atoms with Crippen molar-refractivity contribution in [2.24, 2.45) is 0 Å². The first-order valence-corrected chi connectivity index (χ1v) is 9.37. The molecule has 0 amide bonds. The van der Waals surface area contributed by atoms with Crippen LogP contribution in [0, 0.1) is 0 Å². The molecule has 9 heteroatoms. The highest BCUT2D eigenvalue weighted by molar-refractivity contribution is 5.81. The lowest BCUT2D eigenvalue weighted by atomic mass is 9.97. The third kappa shape index (κ3) is 5.39. The van der Waals surface area contributed by atoms with Gasteiger partial charge in [0.05, 0.1) is 13.0 Å². The zero-order chi connectivity index (χ0) is 21.0. The predicted molar refractivity (Wildman–Crippen MR) is 96.2 cm³/mol. The quantitative estimate of drug-likeness (QED) is 0.689. The molecule has 0 spiro atoms. The zero-order valence-corrected chi connectivity index (χ0v) is 16.2. The van der Waals surface area contributed by atoms with Gasteiger partial charge in [-0.25, -0.2) is 0 Å². The second kappa shape index (κ2) is 9.45. The molecule has 0 saturated carbocycles. The van der Waals surface area contributed by atoms with Crippen molar-refractivity contribution in [2.45, 2.75) is 63.7 Å². The number of esters is 2. The molecule has 2 aliphatic heterocycles. The fourth-order valence-corrected chi connectivity index (χ4v) is 3.23. The van der Waals surface area contributed by atoms with E-state index in [0.29, 0.717) is 0 Å². The van der Waals surface area contributed by atoms with E-state index >= 15 is 0 Å². The average Bonchev–Trinajstić information content (AvgIpc) is 2.69. The summed E-state index contributed by atoms with van der Waals surface area (Å²) in [5.41, 5.74) is 0.764. The van der Waals surface area contributed by atoms with Crippen molar-refractivity contribution in [1.82, 2.24) is 0 Å². The van der Waals surface area contributed by atoms with Gasteiger partial charge in [0.2, 0.25) is 6.29 Å². The topological polar surface area (TPSA) is 118 Å². The van der Waals surface area contributed by atoms with Crippen molar-refractivity contribution in [1.29, 1.82) is 0 Å². The second-order valence-electron chi connectivity index (χ2n) is 6.98. The highest BCUT2D eigenvalue weighted by Gasteiger charge is 2.52. The Morgan fingerprint density at radius 3 is 2.45 bits per heavy atom. The van der Waals surface area contributed by atoms with Crippen molar-refractivity contribution < 1.29 is 43.2 Å². The summed E-state index contributed by atoms with van der Waals surface area (Å²) in [6.45, 7) is 2.65. The number of ketones is 1. The van der Waals surface area contributed by atoms with E-state index in [2.05, 4.69) is 0 Å². The summed E-state index contributed by atoms with van der Waals surface area (Å²) in [7, 11) is 0. The number of rotatable bonds is 6. The summed E-state index contributed by atoms with van der Waals surface area (Å²) >= 11 is 0. The number of hydrogen-bond acceptors (Lipinski definition) is 9. The third-order valence-corrected chi connectivity index (χ3v) is 4.61. The van der Waals surface area contributed by atoms with E-state index in [1.54, 1.807) is 0 Å². The van der Waals surface area contributed by atoms with Gasteiger partial charge in [-0.05, 0) is 6.92 Å². The Labute approximate surface area is 167 Å². The molecule has 2 aliphatic rings. The van der Waals surface area contributed by atoms with Gasteiger partial charge >= 0.3 is 11.9 Å². The van der Waals surface area contributed by atoms with Crippen molar-refractivity contribution in [3.63, 3.8) is 0 Å². The molecule has 9 nitrogen and oxygen atoms in total. The largest absolute Gasteiger partial charge is 0.457 e. The number of aliphatic hydroxyl groups excluding tert-OH is 1. The van der Waals surface area contributed by atoms with E-state index < -0.39 is 48.9 Å². The summed E-state index contributed by atoms with van der Waals surface area (Å²) < 4.78 is 27.7. The van der Waals surface area contributed by atoms with Crippen LogP contribution in [0.5, 0.6) is 0 Å². The molecule has 1 aromatic rings. The minimum atomic E-state index is -1.46. The molecule has 2 heterocycles. The molecule has 1 N–H and O–H groups in total. The van der Waals surface area contributed by atoms with Crippen LogP contribution in [0.2, 0.25) is 0 Å². The summed E-state index contributed by atoms with van der Waals surface area (Å²) in [4.78, 5) is 34.6. The minimum Gasteiger partial charge on any atom is -0.457 e. The van der Waals surface area contributed by atoms with E-state index in [-0.39, 0.29) is 25.2 Å². The smallest absolute Gasteiger partial charge is 0.308 e. The molecule has 0 aromatic heterocycles. The van der Waals surface area contributed by atoms with Crippen LogP contribution < -0.4 is 0 Å². The maximum absolute atomic E-state index is 12.0. The maximum Gasteiger partial charge on any atom is 0.308 e. The highest BCUT2D eigenvalue weighted by Crippen LogP contribution is 2.35. The predicted octanol–water partition coefficient (Wildman–Crippen LogP) is 1.03.